The molecule has 1 unspecified atom stereocenters. The van der Waals surface area contributed by atoms with Gasteiger partial charge < -0.3 is 20.7 Å². The van der Waals surface area contributed by atoms with E-state index >= 15 is 0 Å². The van der Waals surface area contributed by atoms with E-state index < -0.39 is 11.8 Å². The number of nitrogens with one attached hydrogen (secondary N) is 3. The van der Waals surface area contributed by atoms with E-state index in [0.717, 1.165) is 19.4 Å². The SMILES string of the molecule is O=C(Nc1ccncc1)Nc1ccc(NCC2CCCO2)c(F)c1. The fraction of sp³-hybridized carbons (Fsp3) is 0.294. The third-order valence-electron chi connectivity index (χ3n) is 3.71. The first-order valence-corrected chi connectivity index (χ1v) is 7.84. The molecule has 0 aliphatic carbocycles. The minimum absolute atomic E-state index is 0.133. The monoisotopic (exact) mass is 330 g/mol. The highest BCUT2D eigenvalue weighted by Crippen LogP contribution is 2.20. The van der Waals surface area contributed by atoms with Crippen LogP contribution >= 0.6 is 0 Å². The number of amides is 2. The molecule has 6 nitrogen and oxygen atoms in total. The number of urea groups is 1. The summed E-state index contributed by atoms with van der Waals surface area (Å²) in [6, 6.07) is 7.42. The van der Waals surface area contributed by atoms with Gasteiger partial charge in [-0.1, -0.05) is 0 Å². The van der Waals surface area contributed by atoms with Crippen molar-refractivity contribution in [2.75, 3.05) is 29.1 Å². The summed E-state index contributed by atoms with van der Waals surface area (Å²) in [5.74, 6) is -0.422. The molecule has 24 heavy (non-hydrogen) atoms. The van der Waals surface area contributed by atoms with Crippen LogP contribution in [-0.2, 0) is 4.74 Å². The normalized spacial score (nSPS) is 16.6. The Morgan fingerprint density at radius 2 is 2.00 bits per heavy atom. The Bertz CT molecular complexity index is 690. The van der Waals surface area contributed by atoms with Gasteiger partial charge in [-0.05, 0) is 43.2 Å². The molecular formula is C17H19FN4O2. The Balaban J connectivity index is 1.54. The van der Waals surface area contributed by atoms with Gasteiger partial charge in [0.25, 0.3) is 0 Å². The van der Waals surface area contributed by atoms with Gasteiger partial charge in [0.15, 0.2) is 0 Å². The number of ether oxygens (including phenoxy) is 1. The molecule has 0 saturated carbocycles. The fourth-order valence-corrected chi connectivity index (χ4v) is 2.49. The van der Waals surface area contributed by atoms with Crippen molar-refractivity contribution in [3.05, 3.63) is 48.5 Å². The first-order chi connectivity index (χ1) is 11.7. The quantitative estimate of drug-likeness (QED) is 0.785. The minimum atomic E-state index is -0.444. The van der Waals surface area contributed by atoms with E-state index in [1.54, 1.807) is 36.7 Å². The summed E-state index contributed by atoms with van der Waals surface area (Å²) in [5.41, 5.74) is 1.38. The van der Waals surface area contributed by atoms with Crippen molar-refractivity contribution in [1.82, 2.24) is 4.98 Å². The van der Waals surface area contributed by atoms with Crippen molar-refractivity contribution in [3.8, 4) is 0 Å². The number of hydrogen-bond acceptors (Lipinski definition) is 4. The van der Waals surface area contributed by atoms with Crippen LogP contribution in [0.15, 0.2) is 42.7 Å². The Morgan fingerprint density at radius 1 is 1.21 bits per heavy atom. The molecule has 3 N–H and O–H groups in total. The van der Waals surface area contributed by atoms with Crippen LogP contribution in [0.3, 0.4) is 0 Å². The lowest BCUT2D eigenvalue weighted by molar-refractivity contribution is 0.120. The van der Waals surface area contributed by atoms with Crippen molar-refractivity contribution in [2.45, 2.75) is 18.9 Å². The van der Waals surface area contributed by atoms with Crippen LogP contribution in [0, 0.1) is 5.82 Å². The molecule has 1 aliphatic heterocycles. The van der Waals surface area contributed by atoms with Crippen LogP contribution in [0.1, 0.15) is 12.8 Å². The highest BCUT2D eigenvalue weighted by atomic mass is 19.1. The smallest absolute Gasteiger partial charge is 0.323 e. The number of halogens is 1. The van der Waals surface area contributed by atoms with Crippen LogP contribution in [-0.4, -0.2) is 30.3 Å². The van der Waals surface area contributed by atoms with Crippen LogP contribution < -0.4 is 16.0 Å². The Labute approximate surface area is 139 Å². The number of pyridine rings is 1. The summed E-state index contributed by atoms with van der Waals surface area (Å²) in [4.78, 5) is 15.7. The topological polar surface area (TPSA) is 75.3 Å². The zero-order valence-corrected chi connectivity index (χ0v) is 13.1. The third kappa shape index (κ3) is 4.42. The van der Waals surface area contributed by atoms with Crippen molar-refractivity contribution in [2.24, 2.45) is 0 Å². The largest absolute Gasteiger partial charge is 0.380 e. The molecule has 1 saturated heterocycles. The second-order valence-electron chi connectivity index (χ2n) is 5.53. The first-order valence-electron chi connectivity index (χ1n) is 7.84. The molecule has 3 rings (SSSR count). The van der Waals surface area contributed by atoms with E-state index in [4.69, 9.17) is 4.74 Å². The Hall–Kier alpha value is -2.67. The van der Waals surface area contributed by atoms with Gasteiger partial charge in [-0.15, -0.1) is 0 Å². The number of nitrogens with zero attached hydrogens (tertiary/aromatic N) is 1. The van der Waals surface area contributed by atoms with Crippen LogP contribution in [0.2, 0.25) is 0 Å². The van der Waals surface area contributed by atoms with Crippen LogP contribution in [0.25, 0.3) is 0 Å². The molecule has 1 aromatic heterocycles. The number of hydrogen-bond donors (Lipinski definition) is 3. The second-order valence-corrected chi connectivity index (χ2v) is 5.53. The maximum absolute atomic E-state index is 14.1. The van der Waals surface area contributed by atoms with Crippen LogP contribution in [0.4, 0.5) is 26.2 Å². The van der Waals surface area contributed by atoms with E-state index in [1.165, 1.54) is 6.07 Å². The molecule has 0 radical (unpaired) electrons. The van der Waals surface area contributed by atoms with E-state index in [2.05, 4.69) is 20.9 Å². The van der Waals surface area contributed by atoms with Gasteiger partial charge in [0.2, 0.25) is 0 Å². The van der Waals surface area contributed by atoms with Crippen LogP contribution in [0.5, 0.6) is 0 Å². The van der Waals surface area contributed by atoms with Gasteiger partial charge in [0.05, 0.1) is 11.8 Å². The highest BCUT2D eigenvalue weighted by Gasteiger charge is 2.15. The highest BCUT2D eigenvalue weighted by molar-refractivity contribution is 5.99. The molecule has 1 fully saturated rings. The predicted molar refractivity (Wildman–Crippen MR) is 90.7 cm³/mol. The van der Waals surface area contributed by atoms with E-state index in [0.29, 0.717) is 23.6 Å². The molecule has 2 aromatic rings. The number of aromatic nitrogens is 1. The van der Waals surface area contributed by atoms with E-state index in [1.807, 2.05) is 0 Å². The van der Waals surface area contributed by atoms with Crippen molar-refractivity contribution in [3.63, 3.8) is 0 Å². The van der Waals surface area contributed by atoms with E-state index in [9.17, 15) is 9.18 Å². The first kappa shape index (κ1) is 16.2. The average Bonchev–Trinajstić information content (AvgIpc) is 3.08. The van der Waals surface area contributed by atoms with Gasteiger partial charge in [0, 0.05) is 36.9 Å². The molecule has 1 atom stereocenters. The summed E-state index contributed by atoms with van der Waals surface area (Å²) >= 11 is 0. The molecular weight excluding hydrogens is 311 g/mol. The van der Waals surface area contributed by atoms with Gasteiger partial charge >= 0.3 is 6.03 Å². The Kier molecular flexibility index (Phi) is 5.22. The number of carbonyl (C=O) groups excluding carboxylic acids is 1. The number of carbonyl (C=O) groups is 1. The zero-order chi connectivity index (χ0) is 16.8. The molecule has 7 heteroatoms. The maximum Gasteiger partial charge on any atom is 0.323 e. The number of benzene rings is 1. The van der Waals surface area contributed by atoms with Gasteiger partial charge in [0.1, 0.15) is 5.82 Å². The summed E-state index contributed by atoms with van der Waals surface area (Å²) in [7, 11) is 0. The predicted octanol–water partition coefficient (Wildman–Crippen LogP) is 3.46. The standard InChI is InChI=1S/C17H19FN4O2/c18-15-10-13(22-17(23)21-12-5-7-19-8-6-12)3-4-16(15)20-11-14-2-1-9-24-14/h3-8,10,14,20H,1-2,9,11H2,(H2,19,21,22,23). The summed E-state index contributed by atoms with van der Waals surface area (Å²) in [6.45, 7) is 1.34. The number of anilines is 3. The van der Waals surface area contributed by atoms with Gasteiger partial charge in [-0.2, -0.15) is 0 Å². The molecule has 1 aromatic carbocycles. The molecule has 2 heterocycles. The van der Waals surface area contributed by atoms with Gasteiger partial charge in [-0.25, -0.2) is 9.18 Å². The number of rotatable bonds is 5. The average molecular weight is 330 g/mol. The molecule has 126 valence electrons. The minimum Gasteiger partial charge on any atom is -0.380 e. The lowest BCUT2D eigenvalue weighted by atomic mass is 10.2. The van der Waals surface area contributed by atoms with Crippen molar-refractivity contribution in [1.29, 1.82) is 0 Å². The van der Waals surface area contributed by atoms with Gasteiger partial charge in [-0.3, -0.25) is 4.98 Å². The Morgan fingerprint density at radius 3 is 2.71 bits per heavy atom. The van der Waals surface area contributed by atoms with Crippen molar-refractivity contribution < 1.29 is 13.9 Å². The molecule has 0 spiro atoms. The molecule has 0 bridgehead atoms. The summed E-state index contributed by atoms with van der Waals surface area (Å²) in [6.07, 6.45) is 5.31. The maximum atomic E-state index is 14.1. The lowest BCUT2D eigenvalue weighted by Gasteiger charge is -2.13. The summed E-state index contributed by atoms with van der Waals surface area (Å²) in [5, 5.41) is 8.27. The summed E-state index contributed by atoms with van der Waals surface area (Å²) < 4.78 is 19.6. The lowest BCUT2D eigenvalue weighted by Crippen LogP contribution is -2.20. The van der Waals surface area contributed by atoms with Crippen molar-refractivity contribution >= 4 is 23.1 Å². The third-order valence-corrected chi connectivity index (χ3v) is 3.71. The molecule has 1 aliphatic rings. The van der Waals surface area contributed by atoms with E-state index in [-0.39, 0.29) is 6.10 Å². The molecule has 2 amide bonds. The fourth-order valence-electron chi connectivity index (χ4n) is 2.49. The zero-order valence-electron chi connectivity index (χ0n) is 13.1. The second kappa shape index (κ2) is 7.74.